The van der Waals surface area contributed by atoms with Crippen LogP contribution in [0.15, 0.2) is 30.5 Å². The van der Waals surface area contributed by atoms with Crippen LogP contribution in [0.2, 0.25) is 0 Å². The number of carbonyl (C=O) groups excluding carboxylic acids is 2. The quantitative estimate of drug-likeness (QED) is 0.849. The minimum Gasteiger partial charge on any atom is -0.490 e. The number of carbonyl (C=O) groups is 2. The first-order chi connectivity index (χ1) is 13.5. The molecule has 5 rings (SSSR count). The molecule has 1 aliphatic carbocycles. The number of anilines is 1. The van der Waals surface area contributed by atoms with Gasteiger partial charge < -0.3 is 20.3 Å². The van der Waals surface area contributed by atoms with Crippen LogP contribution in [0.1, 0.15) is 30.1 Å². The van der Waals surface area contributed by atoms with Gasteiger partial charge in [-0.1, -0.05) is 0 Å². The average Bonchev–Trinajstić information content (AvgIpc) is 3.34. The van der Waals surface area contributed by atoms with E-state index in [-0.39, 0.29) is 30.5 Å². The molecule has 7 nitrogen and oxygen atoms in total. The molecule has 0 bridgehead atoms. The maximum atomic E-state index is 14.1. The lowest BCUT2D eigenvalue weighted by atomic mass is 10.0. The van der Waals surface area contributed by atoms with Crippen molar-refractivity contribution in [2.45, 2.75) is 24.4 Å². The normalized spacial score (nSPS) is 20.9. The van der Waals surface area contributed by atoms with E-state index in [0.29, 0.717) is 5.69 Å². The van der Waals surface area contributed by atoms with Crippen molar-refractivity contribution in [2.24, 2.45) is 0 Å². The number of benzene rings is 1. The van der Waals surface area contributed by atoms with Crippen LogP contribution in [-0.2, 0) is 10.3 Å². The Morgan fingerprint density at radius 3 is 3.00 bits per heavy atom. The number of pyridine rings is 1. The molecule has 144 valence electrons. The summed E-state index contributed by atoms with van der Waals surface area (Å²) in [6, 6.07) is 4.26. The highest BCUT2D eigenvalue weighted by Crippen LogP contribution is 2.54. The van der Waals surface area contributed by atoms with Crippen molar-refractivity contribution in [2.75, 3.05) is 18.5 Å². The summed E-state index contributed by atoms with van der Waals surface area (Å²) >= 11 is 0. The summed E-state index contributed by atoms with van der Waals surface area (Å²) in [6.07, 6.45) is 3.10. The SMILES string of the molecule is O=C(CN1C(=O)Nc2cccnc2C12CC2)N[C@H]1COc2cc(F)cc(F)c21. The highest BCUT2D eigenvalue weighted by atomic mass is 19.1. The van der Waals surface area contributed by atoms with Crippen LogP contribution in [0, 0.1) is 11.6 Å². The van der Waals surface area contributed by atoms with Crippen molar-refractivity contribution in [3.63, 3.8) is 0 Å². The van der Waals surface area contributed by atoms with Crippen molar-refractivity contribution in [3.8, 4) is 5.75 Å². The molecule has 2 N–H and O–H groups in total. The van der Waals surface area contributed by atoms with Crippen LogP contribution in [0.5, 0.6) is 5.75 Å². The zero-order chi connectivity index (χ0) is 19.5. The first kappa shape index (κ1) is 16.9. The molecular formula is C19H16F2N4O3. The van der Waals surface area contributed by atoms with E-state index in [4.69, 9.17) is 4.74 Å². The molecule has 28 heavy (non-hydrogen) atoms. The summed E-state index contributed by atoms with van der Waals surface area (Å²) in [7, 11) is 0. The van der Waals surface area contributed by atoms with Crippen LogP contribution in [0.4, 0.5) is 19.3 Å². The van der Waals surface area contributed by atoms with E-state index < -0.39 is 29.1 Å². The molecule has 2 aromatic rings. The summed E-state index contributed by atoms with van der Waals surface area (Å²) in [5.41, 5.74) is 0.947. The summed E-state index contributed by atoms with van der Waals surface area (Å²) < 4.78 is 32.7. The zero-order valence-electron chi connectivity index (χ0n) is 14.7. The zero-order valence-corrected chi connectivity index (χ0v) is 14.7. The van der Waals surface area contributed by atoms with Crippen molar-refractivity contribution in [3.05, 3.63) is 53.4 Å². The van der Waals surface area contributed by atoms with Gasteiger partial charge >= 0.3 is 6.03 Å². The Morgan fingerprint density at radius 1 is 1.39 bits per heavy atom. The fourth-order valence-corrected chi connectivity index (χ4v) is 4.00. The van der Waals surface area contributed by atoms with E-state index in [1.807, 2.05) is 0 Å². The summed E-state index contributed by atoms with van der Waals surface area (Å²) in [5.74, 6) is -1.89. The van der Waals surface area contributed by atoms with Crippen molar-refractivity contribution < 1.29 is 23.1 Å². The van der Waals surface area contributed by atoms with Gasteiger partial charge in [-0.05, 0) is 25.0 Å². The third kappa shape index (κ3) is 2.49. The summed E-state index contributed by atoms with van der Waals surface area (Å²) in [4.78, 5) is 31.0. The number of nitrogens with zero attached hydrogens (tertiary/aromatic N) is 2. The van der Waals surface area contributed by atoms with Crippen molar-refractivity contribution in [1.82, 2.24) is 15.2 Å². The number of aromatic nitrogens is 1. The molecule has 1 aromatic heterocycles. The average molecular weight is 386 g/mol. The molecule has 2 aliphatic heterocycles. The molecule has 3 aliphatic rings. The van der Waals surface area contributed by atoms with Gasteiger partial charge in [0.1, 0.15) is 30.5 Å². The minimum atomic E-state index is -0.773. The van der Waals surface area contributed by atoms with Gasteiger partial charge in [-0.3, -0.25) is 9.78 Å². The van der Waals surface area contributed by atoms with Gasteiger partial charge in [-0.25, -0.2) is 13.6 Å². The Labute approximate surface area is 158 Å². The highest BCUT2D eigenvalue weighted by molar-refractivity contribution is 5.96. The molecule has 1 aromatic carbocycles. The molecule has 1 saturated carbocycles. The Balaban J connectivity index is 1.35. The van der Waals surface area contributed by atoms with E-state index in [2.05, 4.69) is 15.6 Å². The molecule has 1 spiro atoms. The molecule has 0 saturated heterocycles. The van der Waals surface area contributed by atoms with Crippen molar-refractivity contribution in [1.29, 1.82) is 0 Å². The third-order valence-electron chi connectivity index (χ3n) is 5.42. The molecule has 1 atom stereocenters. The molecule has 3 amide bonds. The van der Waals surface area contributed by atoms with Gasteiger partial charge in [0.25, 0.3) is 0 Å². The lowest BCUT2D eigenvalue weighted by molar-refractivity contribution is -0.123. The van der Waals surface area contributed by atoms with E-state index in [0.717, 1.165) is 30.7 Å². The van der Waals surface area contributed by atoms with Gasteiger partial charge in [-0.2, -0.15) is 0 Å². The predicted octanol–water partition coefficient (Wildman–Crippen LogP) is 2.45. The second kappa shape index (κ2) is 5.88. The minimum absolute atomic E-state index is 0.00315. The number of nitrogens with one attached hydrogen (secondary N) is 2. The topological polar surface area (TPSA) is 83.6 Å². The Bertz CT molecular complexity index is 1010. The Hall–Kier alpha value is -3.23. The fraction of sp³-hybridized carbons (Fsp3) is 0.316. The maximum absolute atomic E-state index is 14.1. The Kier molecular flexibility index (Phi) is 3.55. The standard InChI is InChI=1S/C19H16F2N4O3/c20-10-6-11(21)16-13(9-28-14(16)7-10)23-15(26)8-25-18(27)24-12-2-1-5-22-17(12)19(25)3-4-19/h1-2,5-7,13H,3-4,8-9H2,(H,23,26)(H,24,27)/t13-/m0/s1. The largest absolute Gasteiger partial charge is 0.490 e. The van der Waals surface area contributed by atoms with Crippen LogP contribution < -0.4 is 15.4 Å². The molecule has 1 fully saturated rings. The van der Waals surface area contributed by atoms with Crippen LogP contribution in [0.3, 0.4) is 0 Å². The molecule has 3 heterocycles. The lowest BCUT2D eigenvalue weighted by Crippen LogP contribution is -2.52. The van der Waals surface area contributed by atoms with Gasteiger partial charge in [0.05, 0.1) is 28.5 Å². The molecule has 9 heteroatoms. The highest BCUT2D eigenvalue weighted by Gasteiger charge is 2.56. The smallest absolute Gasteiger partial charge is 0.323 e. The predicted molar refractivity (Wildman–Crippen MR) is 93.6 cm³/mol. The third-order valence-corrected chi connectivity index (χ3v) is 5.42. The van der Waals surface area contributed by atoms with Crippen LogP contribution in [0.25, 0.3) is 0 Å². The molecular weight excluding hydrogens is 370 g/mol. The van der Waals surface area contributed by atoms with Gasteiger partial charge in [0.2, 0.25) is 5.91 Å². The van der Waals surface area contributed by atoms with Gasteiger partial charge in [0, 0.05) is 18.3 Å². The number of ether oxygens (including phenoxy) is 1. The van der Waals surface area contributed by atoms with E-state index in [1.165, 1.54) is 4.90 Å². The molecule has 0 radical (unpaired) electrons. The number of urea groups is 1. The number of hydrogen-bond acceptors (Lipinski definition) is 4. The number of halogens is 2. The summed E-state index contributed by atoms with van der Waals surface area (Å²) in [5, 5.41) is 5.44. The number of fused-ring (bicyclic) bond motifs is 3. The van der Waals surface area contributed by atoms with Crippen LogP contribution >= 0.6 is 0 Å². The van der Waals surface area contributed by atoms with E-state index in [1.54, 1.807) is 18.3 Å². The number of rotatable bonds is 3. The monoisotopic (exact) mass is 386 g/mol. The maximum Gasteiger partial charge on any atom is 0.323 e. The first-order valence-corrected chi connectivity index (χ1v) is 8.93. The van der Waals surface area contributed by atoms with Gasteiger partial charge in [0.15, 0.2) is 0 Å². The molecule has 0 unspecified atom stereocenters. The lowest BCUT2D eigenvalue weighted by Gasteiger charge is -2.36. The first-order valence-electron chi connectivity index (χ1n) is 8.93. The summed E-state index contributed by atoms with van der Waals surface area (Å²) in [6.45, 7) is -0.195. The number of amides is 3. The van der Waals surface area contributed by atoms with E-state index in [9.17, 15) is 18.4 Å². The fourth-order valence-electron chi connectivity index (χ4n) is 4.00. The van der Waals surface area contributed by atoms with Crippen molar-refractivity contribution >= 4 is 17.6 Å². The van der Waals surface area contributed by atoms with E-state index >= 15 is 0 Å². The van der Waals surface area contributed by atoms with Gasteiger partial charge in [-0.15, -0.1) is 0 Å². The second-order valence-corrected chi connectivity index (χ2v) is 7.18. The van der Waals surface area contributed by atoms with Crippen LogP contribution in [-0.4, -0.2) is 35.0 Å². The number of hydrogen-bond donors (Lipinski definition) is 2. The second-order valence-electron chi connectivity index (χ2n) is 7.18. The Morgan fingerprint density at radius 2 is 2.21 bits per heavy atom.